The topological polar surface area (TPSA) is 105 Å². The highest BCUT2D eigenvalue weighted by Crippen LogP contribution is 2.30. The molecule has 180 valence electrons. The second-order valence-corrected chi connectivity index (χ2v) is 8.58. The van der Waals surface area contributed by atoms with E-state index in [1.54, 1.807) is 25.1 Å². The minimum absolute atomic E-state index is 0.140. The number of nitro groups is 1. The number of nitro benzene ring substituents is 1. The van der Waals surface area contributed by atoms with Crippen LogP contribution in [0.5, 0.6) is 0 Å². The lowest BCUT2D eigenvalue weighted by molar-refractivity contribution is -0.384. The highest BCUT2D eigenvalue weighted by Gasteiger charge is 2.26. The number of piperazine rings is 1. The lowest BCUT2D eigenvalue weighted by Crippen LogP contribution is -2.52. The van der Waals surface area contributed by atoms with Crippen molar-refractivity contribution >= 4 is 40.6 Å². The van der Waals surface area contributed by atoms with Crippen LogP contribution in [0, 0.1) is 10.1 Å². The number of esters is 1. The van der Waals surface area contributed by atoms with Crippen LogP contribution in [0.1, 0.15) is 53.0 Å². The number of rotatable bonds is 6. The molecule has 1 heterocycles. The van der Waals surface area contributed by atoms with E-state index in [0.717, 1.165) is 5.56 Å². The fourth-order valence-electron chi connectivity index (χ4n) is 3.70. The second-order valence-electron chi connectivity index (χ2n) is 8.19. The van der Waals surface area contributed by atoms with Crippen molar-refractivity contribution in [2.24, 2.45) is 0 Å². The van der Waals surface area contributed by atoms with Crippen molar-refractivity contribution in [1.82, 2.24) is 10.2 Å². The Balaban J connectivity index is 1.62. The number of benzene rings is 2. The van der Waals surface area contributed by atoms with E-state index in [1.807, 2.05) is 21.9 Å². The number of anilines is 1. The van der Waals surface area contributed by atoms with Gasteiger partial charge in [0.25, 0.3) is 11.6 Å². The van der Waals surface area contributed by atoms with Gasteiger partial charge in [-0.15, -0.1) is 0 Å². The molecule has 0 aliphatic carbocycles. The summed E-state index contributed by atoms with van der Waals surface area (Å²) in [5, 5.41) is 14.7. The van der Waals surface area contributed by atoms with Gasteiger partial charge in [0.2, 0.25) is 0 Å². The van der Waals surface area contributed by atoms with Crippen LogP contribution in [0.3, 0.4) is 0 Å². The highest BCUT2D eigenvalue weighted by atomic mass is 32.1. The van der Waals surface area contributed by atoms with Crippen molar-refractivity contribution < 1.29 is 19.2 Å². The van der Waals surface area contributed by atoms with Gasteiger partial charge in [-0.25, -0.2) is 4.79 Å². The smallest absolute Gasteiger partial charge is 0.338 e. The van der Waals surface area contributed by atoms with Crippen molar-refractivity contribution in [3.63, 3.8) is 0 Å². The van der Waals surface area contributed by atoms with Gasteiger partial charge in [-0.05, 0) is 54.9 Å². The van der Waals surface area contributed by atoms with Gasteiger partial charge in [-0.3, -0.25) is 20.2 Å². The highest BCUT2D eigenvalue weighted by molar-refractivity contribution is 7.80. The summed E-state index contributed by atoms with van der Waals surface area (Å²) >= 11 is 5.43. The van der Waals surface area contributed by atoms with E-state index in [4.69, 9.17) is 17.0 Å². The maximum Gasteiger partial charge on any atom is 0.338 e. The Kier molecular flexibility index (Phi) is 8.17. The molecule has 0 bridgehead atoms. The second kappa shape index (κ2) is 11.1. The summed E-state index contributed by atoms with van der Waals surface area (Å²) in [5.74, 6) is -0.485. The summed E-state index contributed by atoms with van der Waals surface area (Å²) in [4.78, 5) is 39.4. The molecule has 0 unspecified atom stereocenters. The Bertz CT molecular complexity index is 1080. The van der Waals surface area contributed by atoms with E-state index in [9.17, 15) is 19.7 Å². The summed E-state index contributed by atoms with van der Waals surface area (Å²) < 4.78 is 4.94. The zero-order valence-corrected chi connectivity index (χ0v) is 20.3. The molecule has 1 fully saturated rings. The minimum atomic E-state index is -0.595. The zero-order chi connectivity index (χ0) is 24.8. The number of amides is 1. The Morgan fingerprint density at radius 3 is 2.26 bits per heavy atom. The first-order valence-electron chi connectivity index (χ1n) is 11.1. The van der Waals surface area contributed by atoms with Crippen molar-refractivity contribution in [2.75, 3.05) is 37.7 Å². The summed E-state index contributed by atoms with van der Waals surface area (Å²) in [6.07, 6.45) is 0. The average Bonchev–Trinajstić information content (AvgIpc) is 2.83. The Morgan fingerprint density at radius 1 is 1.09 bits per heavy atom. The maximum absolute atomic E-state index is 12.6. The number of carbonyl (C=O) groups excluding carboxylic acids is 2. The molecule has 0 radical (unpaired) electrons. The van der Waals surface area contributed by atoms with Gasteiger partial charge < -0.3 is 14.5 Å². The molecular formula is C24H28N4O5S. The Morgan fingerprint density at radius 2 is 1.71 bits per heavy atom. The quantitative estimate of drug-likeness (QED) is 0.286. The molecule has 1 N–H and O–H groups in total. The molecular weight excluding hydrogens is 456 g/mol. The van der Waals surface area contributed by atoms with Crippen molar-refractivity contribution in [3.8, 4) is 0 Å². The van der Waals surface area contributed by atoms with E-state index >= 15 is 0 Å². The summed E-state index contributed by atoms with van der Waals surface area (Å²) in [7, 11) is 0. The molecule has 2 aromatic carbocycles. The standard InChI is InChI=1S/C24H28N4O5S/c1-4-33-23(30)19-9-10-20(21(15-19)28(31)32)26-11-13-27(14-12-26)24(34)25-22(29)18-7-5-17(6-8-18)16(2)3/h5-10,15-16H,4,11-14H2,1-3H3,(H,25,29,34). The molecule has 0 spiro atoms. The van der Waals surface area contributed by atoms with Crippen molar-refractivity contribution in [1.29, 1.82) is 0 Å². The van der Waals surface area contributed by atoms with E-state index in [2.05, 4.69) is 19.2 Å². The van der Waals surface area contributed by atoms with E-state index < -0.39 is 10.9 Å². The predicted octanol–water partition coefficient (Wildman–Crippen LogP) is 3.73. The average molecular weight is 485 g/mol. The van der Waals surface area contributed by atoms with Crippen molar-refractivity contribution in [3.05, 3.63) is 69.3 Å². The fourth-order valence-corrected chi connectivity index (χ4v) is 3.97. The van der Waals surface area contributed by atoms with Gasteiger partial charge >= 0.3 is 5.97 Å². The predicted molar refractivity (Wildman–Crippen MR) is 133 cm³/mol. The summed E-state index contributed by atoms with van der Waals surface area (Å²) in [6.45, 7) is 7.97. The number of hydrogen-bond donors (Lipinski definition) is 1. The molecule has 0 atom stereocenters. The van der Waals surface area contributed by atoms with Crippen LogP contribution >= 0.6 is 12.2 Å². The number of ether oxygens (including phenoxy) is 1. The van der Waals surface area contributed by atoms with Crippen LogP contribution in [-0.2, 0) is 4.74 Å². The summed E-state index contributed by atoms with van der Waals surface area (Å²) in [6, 6.07) is 11.8. The SMILES string of the molecule is CCOC(=O)c1ccc(N2CCN(C(=S)NC(=O)c3ccc(C(C)C)cc3)CC2)c([N+](=O)[O-])c1. The van der Waals surface area contributed by atoms with Crippen molar-refractivity contribution in [2.45, 2.75) is 26.7 Å². The molecule has 1 aliphatic heterocycles. The summed E-state index contributed by atoms with van der Waals surface area (Å²) in [5.41, 5.74) is 2.10. The molecule has 0 saturated carbocycles. The van der Waals surface area contributed by atoms with Gasteiger partial charge in [0, 0.05) is 37.8 Å². The largest absolute Gasteiger partial charge is 0.462 e. The number of thiocarbonyl (C=S) groups is 1. The third-order valence-corrected chi connectivity index (χ3v) is 6.01. The van der Waals surface area contributed by atoms with E-state index in [0.29, 0.717) is 48.5 Å². The lowest BCUT2D eigenvalue weighted by atomic mass is 10.0. The van der Waals surface area contributed by atoms with Gasteiger partial charge in [-0.2, -0.15) is 0 Å². The van der Waals surface area contributed by atoms with Crippen LogP contribution in [0.25, 0.3) is 0 Å². The van der Waals surface area contributed by atoms with E-state index in [-0.39, 0.29) is 23.8 Å². The Hall–Kier alpha value is -3.53. The molecule has 1 amide bonds. The minimum Gasteiger partial charge on any atom is -0.462 e. The molecule has 0 aromatic heterocycles. The fraction of sp³-hybridized carbons (Fsp3) is 0.375. The van der Waals surface area contributed by atoms with Crippen LogP contribution in [0.4, 0.5) is 11.4 Å². The van der Waals surface area contributed by atoms with E-state index in [1.165, 1.54) is 12.1 Å². The van der Waals surface area contributed by atoms with Crippen LogP contribution in [0.15, 0.2) is 42.5 Å². The molecule has 10 heteroatoms. The zero-order valence-electron chi connectivity index (χ0n) is 19.4. The third kappa shape index (κ3) is 5.88. The molecule has 2 aromatic rings. The molecule has 1 aliphatic rings. The van der Waals surface area contributed by atoms with Crippen LogP contribution < -0.4 is 10.2 Å². The first kappa shape index (κ1) is 25.1. The third-order valence-electron chi connectivity index (χ3n) is 5.65. The number of nitrogens with one attached hydrogen (secondary N) is 1. The molecule has 9 nitrogen and oxygen atoms in total. The normalized spacial score (nSPS) is 13.5. The van der Waals surface area contributed by atoms with Gasteiger partial charge in [0.15, 0.2) is 5.11 Å². The van der Waals surface area contributed by atoms with Gasteiger partial charge in [0.05, 0.1) is 17.1 Å². The van der Waals surface area contributed by atoms with Crippen LogP contribution in [0.2, 0.25) is 0 Å². The first-order chi connectivity index (χ1) is 16.2. The van der Waals surface area contributed by atoms with Gasteiger partial charge in [-0.1, -0.05) is 26.0 Å². The van der Waals surface area contributed by atoms with Crippen LogP contribution in [-0.4, -0.2) is 59.6 Å². The first-order valence-corrected chi connectivity index (χ1v) is 11.5. The monoisotopic (exact) mass is 484 g/mol. The molecule has 3 rings (SSSR count). The molecule has 1 saturated heterocycles. The number of hydrogen-bond acceptors (Lipinski definition) is 7. The number of carbonyl (C=O) groups is 2. The molecule has 34 heavy (non-hydrogen) atoms. The van der Waals surface area contributed by atoms with Gasteiger partial charge in [0.1, 0.15) is 5.69 Å². The Labute approximate surface area is 203 Å². The lowest BCUT2D eigenvalue weighted by Gasteiger charge is -2.37. The maximum atomic E-state index is 12.6. The number of nitrogens with zero attached hydrogens (tertiary/aromatic N) is 3.